The zero-order chi connectivity index (χ0) is 23.3. The maximum Gasteiger partial charge on any atom is 0.407 e. The Labute approximate surface area is 174 Å². The zero-order valence-electron chi connectivity index (χ0n) is 19.2. The van der Waals surface area contributed by atoms with Crippen LogP contribution in [0.4, 0.5) is 9.59 Å². The number of ether oxygens (including phenoxy) is 3. The van der Waals surface area contributed by atoms with Crippen LogP contribution in [0.3, 0.4) is 0 Å². The molecule has 0 spiro atoms. The number of carbonyl (C=O) groups excluding carboxylic acids is 4. The quantitative estimate of drug-likeness (QED) is 0.369. The van der Waals surface area contributed by atoms with Crippen LogP contribution in [0.5, 0.6) is 0 Å². The van der Waals surface area contributed by atoms with Gasteiger partial charge >= 0.3 is 18.2 Å². The topological polar surface area (TPSA) is 120 Å². The molecule has 9 nitrogen and oxygen atoms in total. The van der Waals surface area contributed by atoms with E-state index in [4.69, 9.17) is 14.2 Å². The van der Waals surface area contributed by atoms with Gasteiger partial charge in [0.2, 0.25) is 0 Å². The van der Waals surface area contributed by atoms with Crippen LogP contribution in [0.1, 0.15) is 75.2 Å². The number of hydrogen-bond donors (Lipinski definition) is 2. The van der Waals surface area contributed by atoms with E-state index >= 15 is 0 Å². The molecule has 2 amide bonds. The van der Waals surface area contributed by atoms with Crippen LogP contribution in [-0.2, 0) is 23.8 Å². The van der Waals surface area contributed by atoms with E-state index in [1.54, 1.807) is 62.3 Å². The van der Waals surface area contributed by atoms with Crippen LogP contribution in [-0.4, -0.2) is 54.3 Å². The minimum Gasteiger partial charge on any atom is -0.466 e. The fourth-order valence-corrected chi connectivity index (χ4v) is 1.74. The second kappa shape index (κ2) is 13.8. The maximum atomic E-state index is 11.3. The highest BCUT2D eigenvalue weighted by Gasteiger charge is 2.19. The van der Waals surface area contributed by atoms with Crippen LogP contribution >= 0.6 is 0 Å². The molecular weight excluding hydrogens is 380 g/mol. The summed E-state index contributed by atoms with van der Waals surface area (Å²) in [5.74, 6) is -0.328. The van der Waals surface area contributed by atoms with Crippen molar-refractivity contribution in [2.45, 2.75) is 98.4 Å². The molecule has 0 heterocycles. The third-order valence-electron chi connectivity index (χ3n) is 2.75. The summed E-state index contributed by atoms with van der Waals surface area (Å²) in [5, 5.41) is 5.11. The van der Waals surface area contributed by atoms with Crippen LogP contribution in [0.15, 0.2) is 0 Å². The number of esters is 1. The van der Waals surface area contributed by atoms with Gasteiger partial charge in [-0.3, -0.25) is 4.79 Å². The average Bonchev–Trinajstić information content (AvgIpc) is 2.43. The highest BCUT2D eigenvalue weighted by Crippen LogP contribution is 2.07. The predicted octanol–water partition coefficient (Wildman–Crippen LogP) is 3.34. The second-order valence-electron chi connectivity index (χ2n) is 8.51. The predicted molar refractivity (Wildman–Crippen MR) is 110 cm³/mol. The van der Waals surface area contributed by atoms with Crippen molar-refractivity contribution in [1.29, 1.82) is 0 Å². The highest BCUT2D eigenvalue weighted by molar-refractivity contribution is 5.72. The smallest absolute Gasteiger partial charge is 0.407 e. The molecule has 0 fully saturated rings. The standard InChI is InChI=1S/C11H21NO4.C9H17NO3/c1-6-15-9(13)7-8(2)12-10(14)16-11(3,4)5;1-7(5-6-11)10-8(12)13-9(2,3)4/h8H,6-7H2,1-5H3,(H,12,14);6-7H,5H2,1-4H3,(H,10,12)/t8-;7-/m00/s1. The number of alkyl carbamates (subject to hydrolysis) is 2. The molecule has 2 atom stereocenters. The summed E-state index contributed by atoms with van der Waals surface area (Å²) in [5.41, 5.74) is -1.03. The second-order valence-corrected chi connectivity index (χ2v) is 8.51. The molecule has 0 unspecified atom stereocenters. The molecule has 0 radical (unpaired) electrons. The third-order valence-corrected chi connectivity index (χ3v) is 2.75. The molecule has 0 aliphatic rings. The van der Waals surface area contributed by atoms with E-state index in [1.165, 1.54) is 0 Å². The largest absolute Gasteiger partial charge is 0.466 e. The van der Waals surface area contributed by atoms with Crippen molar-refractivity contribution < 1.29 is 33.4 Å². The van der Waals surface area contributed by atoms with Crippen molar-refractivity contribution in [3.63, 3.8) is 0 Å². The van der Waals surface area contributed by atoms with Gasteiger partial charge in [-0.25, -0.2) is 9.59 Å². The average molecular weight is 419 g/mol. The van der Waals surface area contributed by atoms with Crippen LogP contribution in [0.25, 0.3) is 0 Å². The first-order valence-corrected chi connectivity index (χ1v) is 9.67. The molecule has 29 heavy (non-hydrogen) atoms. The Morgan fingerprint density at radius 2 is 1.28 bits per heavy atom. The summed E-state index contributed by atoms with van der Waals surface area (Å²) < 4.78 is 14.8. The van der Waals surface area contributed by atoms with Crippen molar-refractivity contribution in [2.24, 2.45) is 0 Å². The van der Waals surface area contributed by atoms with E-state index in [-0.39, 0.29) is 24.5 Å². The van der Waals surface area contributed by atoms with Gasteiger partial charge in [0.25, 0.3) is 0 Å². The molecule has 0 saturated heterocycles. The Morgan fingerprint density at radius 1 is 0.862 bits per heavy atom. The molecule has 0 aromatic heterocycles. The Hall–Kier alpha value is -2.32. The number of amides is 2. The third kappa shape index (κ3) is 21.8. The summed E-state index contributed by atoms with van der Waals surface area (Å²) in [6.45, 7) is 16.3. The number of nitrogens with one attached hydrogen (secondary N) is 2. The van der Waals surface area contributed by atoms with Gasteiger partial charge in [-0.05, 0) is 62.3 Å². The molecule has 0 saturated carbocycles. The molecule has 2 N–H and O–H groups in total. The van der Waals surface area contributed by atoms with E-state index in [2.05, 4.69) is 10.6 Å². The Kier molecular flexibility index (Phi) is 13.7. The normalized spacial score (nSPS) is 13.0. The lowest BCUT2D eigenvalue weighted by Gasteiger charge is -2.21. The van der Waals surface area contributed by atoms with Gasteiger partial charge in [0.15, 0.2) is 0 Å². The fourth-order valence-electron chi connectivity index (χ4n) is 1.74. The molecule has 0 aromatic carbocycles. The van der Waals surface area contributed by atoms with Crippen molar-refractivity contribution in [2.75, 3.05) is 6.61 Å². The first kappa shape index (κ1) is 28.9. The minimum absolute atomic E-state index is 0.146. The number of aldehydes is 1. The molecule has 0 rings (SSSR count). The minimum atomic E-state index is -0.534. The SMILES string of the molecule is CCOC(=O)C[C@H](C)NC(=O)OC(C)(C)C.C[C@@H](CC=O)NC(=O)OC(C)(C)C. The lowest BCUT2D eigenvalue weighted by Crippen LogP contribution is -2.38. The van der Waals surface area contributed by atoms with Gasteiger partial charge in [-0.1, -0.05) is 0 Å². The summed E-state index contributed by atoms with van der Waals surface area (Å²) in [6.07, 6.45) is 0.208. The van der Waals surface area contributed by atoms with Crippen LogP contribution < -0.4 is 10.6 Å². The Balaban J connectivity index is 0. The van der Waals surface area contributed by atoms with Crippen LogP contribution in [0.2, 0.25) is 0 Å². The molecule has 170 valence electrons. The highest BCUT2D eigenvalue weighted by atomic mass is 16.6. The van der Waals surface area contributed by atoms with E-state index in [1.807, 2.05) is 0 Å². The molecule has 0 bridgehead atoms. The first-order valence-electron chi connectivity index (χ1n) is 9.67. The lowest BCUT2D eigenvalue weighted by molar-refractivity contribution is -0.143. The molecule has 0 aliphatic heterocycles. The van der Waals surface area contributed by atoms with Gasteiger partial charge < -0.3 is 29.6 Å². The van der Waals surface area contributed by atoms with Gasteiger partial charge in [-0.15, -0.1) is 0 Å². The number of carbonyl (C=O) groups is 4. The first-order chi connectivity index (χ1) is 13.1. The van der Waals surface area contributed by atoms with E-state index in [0.29, 0.717) is 13.0 Å². The number of hydrogen-bond acceptors (Lipinski definition) is 7. The summed E-state index contributed by atoms with van der Waals surface area (Å²) in [6, 6.07) is -0.471. The summed E-state index contributed by atoms with van der Waals surface area (Å²) in [7, 11) is 0. The van der Waals surface area contributed by atoms with E-state index in [9.17, 15) is 19.2 Å². The zero-order valence-corrected chi connectivity index (χ0v) is 19.2. The van der Waals surface area contributed by atoms with Gasteiger partial charge in [0.05, 0.1) is 13.0 Å². The number of rotatable bonds is 7. The molecule has 0 aliphatic carbocycles. The van der Waals surface area contributed by atoms with Crippen molar-refractivity contribution in [1.82, 2.24) is 10.6 Å². The summed E-state index contributed by atoms with van der Waals surface area (Å²) in [4.78, 5) is 43.6. The molecule has 0 aromatic rings. The van der Waals surface area contributed by atoms with Crippen molar-refractivity contribution in [3.05, 3.63) is 0 Å². The van der Waals surface area contributed by atoms with Gasteiger partial charge in [-0.2, -0.15) is 0 Å². The maximum absolute atomic E-state index is 11.3. The summed E-state index contributed by atoms with van der Waals surface area (Å²) >= 11 is 0. The van der Waals surface area contributed by atoms with Crippen molar-refractivity contribution >= 4 is 24.4 Å². The monoisotopic (exact) mass is 418 g/mol. The molecule has 9 heteroatoms. The van der Waals surface area contributed by atoms with E-state index < -0.39 is 23.4 Å². The van der Waals surface area contributed by atoms with Gasteiger partial charge in [0, 0.05) is 18.5 Å². The van der Waals surface area contributed by atoms with E-state index in [0.717, 1.165) is 6.29 Å². The fraction of sp³-hybridized carbons (Fsp3) is 0.800. The molecular formula is C20H38N2O7. The van der Waals surface area contributed by atoms with Crippen LogP contribution in [0, 0.1) is 0 Å². The van der Waals surface area contributed by atoms with Crippen molar-refractivity contribution in [3.8, 4) is 0 Å². The van der Waals surface area contributed by atoms with Gasteiger partial charge in [0.1, 0.15) is 17.5 Å². The lowest BCUT2D eigenvalue weighted by atomic mass is 10.2. The Bertz CT molecular complexity index is 522. The Morgan fingerprint density at radius 3 is 1.62 bits per heavy atom.